The largest absolute Gasteiger partial charge is 0.465 e. The fourth-order valence-electron chi connectivity index (χ4n) is 9.45. The van der Waals surface area contributed by atoms with Crippen molar-refractivity contribution in [1.82, 2.24) is 4.90 Å². The van der Waals surface area contributed by atoms with Crippen molar-refractivity contribution in [2.75, 3.05) is 20.2 Å². The van der Waals surface area contributed by atoms with Gasteiger partial charge in [0.2, 0.25) is 5.91 Å². The van der Waals surface area contributed by atoms with E-state index in [9.17, 15) is 24.9 Å². The molecule has 4 aliphatic rings. The summed E-state index contributed by atoms with van der Waals surface area (Å²) in [6.45, 7) is 9.03. The average Bonchev–Trinajstić information content (AvgIpc) is 3.18. The van der Waals surface area contributed by atoms with Crippen LogP contribution < -0.4 is 0 Å². The summed E-state index contributed by atoms with van der Waals surface area (Å²) in [5, 5.41) is 33.0. The molecule has 0 aliphatic heterocycles. The van der Waals surface area contributed by atoms with E-state index in [-0.39, 0.29) is 47.2 Å². The van der Waals surface area contributed by atoms with Crippen molar-refractivity contribution in [2.24, 2.45) is 46.3 Å². The van der Waals surface area contributed by atoms with Crippen molar-refractivity contribution in [3.63, 3.8) is 0 Å². The fraction of sp³-hybridized carbons (Fsp3) is 0.931. The fourth-order valence-corrected chi connectivity index (χ4v) is 9.45. The Balaban J connectivity index is 1.43. The van der Waals surface area contributed by atoms with Crippen molar-refractivity contribution in [3.05, 3.63) is 0 Å². The average molecular weight is 508 g/mol. The monoisotopic (exact) mass is 507 g/mol. The summed E-state index contributed by atoms with van der Waals surface area (Å²) in [7, 11) is 1.66. The number of hydrogen-bond acceptors (Lipinski definition) is 6. The second kappa shape index (κ2) is 10.5. The minimum atomic E-state index is -0.766. The molecule has 0 aromatic heterocycles. The molecule has 0 aromatic rings. The number of carbonyl (C=O) groups excluding carboxylic acids is 2. The molecular formula is C29H49NO6. The van der Waals surface area contributed by atoms with Crippen LogP contribution in [-0.2, 0) is 14.3 Å². The van der Waals surface area contributed by atoms with Gasteiger partial charge in [-0.15, -0.1) is 0 Å². The van der Waals surface area contributed by atoms with Crippen LogP contribution in [-0.4, -0.2) is 70.6 Å². The van der Waals surface area contributed by atoms with Gasteiger partial charge in [0.1, 0.15) is 6.54 Å². The van der Waals surface area contributed by atoms with Crippen molar-refractivity contribution in [1.29, 1.82) is 0 Å². The molecule has 4 rings (SSSR count). The van der Waals surface area contributed by atoms with Crippen LogP contribution in [0.15, 0.2) is 0 Å². The number of nitrogens with zero attached hydrogens (tertiary/aromatic N) is 1. The Labute approximate surface area is 217 Å². The molecule has 0 heterocycles. The zero-order valence-corrected chi connectivity index (χ0v) is 23.0. The summed E-state index contributed by atoms with van der Waals surface area (Å²) in [5.41, 5.74) is 0.0715. The van der Waals surface area contributed by atoms with E-state index >= 15 is 0 Å². The topological polar surface area (TPSA) is 107 Å². The first-order valence-electron chi connectivity index (χ1n) is 14.4. The van der Waals surface area contributed by atoms with Crippen molar-refractivity contribution >= 4 is 11.9 Å². The Bertz CT molecular complexity index is 820. The van der Waals surface area contributed by atoms with Gasteiger partial charge in [0.25, 0.3) is 0 Å². The zero-order valence-electron chi connectivity index (χ0n) is 23.0. The van der Waals surface area contributed by atoms with Crippen LogP contribution in [0.5, 0.6) is 0 Å². The van der Waals surface area contributed by atoms with Crippen molar-refractivity contribution in [2.45, 2.75) is 104 Å². The number of fused-ring (bicyclic) bond motifs is 5. The Morgan fingerprint density at radius 2 is 1.64 bits per heavy atom. The third-order valence-electron chi connectivity index (χ3n) is 11.4. The van der Waals surface area contributed by atoms with Gasteiger partial charge >= 0.3 is 5.97 Å². The van der Waals surface area contributed by atoms with Gasteiger partial charge < -0.3 is 25.0 Å². The highest BCUT2D eigenvalue weighted by Crippen LogP contribution is 2.68. The Hall–Kier alpha value is -1.18. The summed E-state index contributed by atoms with van der Waals surface area (Å²) in [5.74, 6) is 1.28. The summed E-state index contributed by atoms with van der Waals surface area (Å²) >= 11 is 0. The van der Waals surface area contributed by atoms with Crippen LogP contribution in [0.25, 0.3) is 0 Å². The molecule has 0 spiro atoms. The molecule has 4 aliphatic carbocycles. The van der Waals surface area contributed by atoms with E-state index in [1.165, 1.54) is 4.90 Å². The van der Waals surface area contributed by atoms with E-state index in [2.05, 4.69) is 20.8 Å². The number of hydrogen-bond donors (Lipinski definition) is 3. The molecule has 3 N–H and O–H groups in total. The molecule has 7 nitrogen and oxygen atoms in total. The lowest BCUT2D eigenvalue weighted by Gasteiger charge is -2.63. The Morgan fingerprint density at radius 1 is 0.972 bits per heavy atom. The van der Waals surface area contributed by atoms with Gasteiger partial charge in [0, 0.05) is 13.5 Å². The van der Waals surface area contributed by atoms with Gasteiger partial charge in [0.05, 0.1) is 24.9 Å². The molecule has 11 atom stereocenters. The number of carbonyl (C=O) groups is 2. The third kappa shape index (κ3) is 4.73. The van der Waals surface area contributed by atoms with Gasteiger partial charge in [-0.3, -0.25) is 9.59 Å². The molecule has 0 radical (unpaired) electrons. The minimum Gasteiger partial charge on any atom is -0.465 e. The molecule has 4 fully saturated rings. The standard InChI is InChI=1S/C29H49NO6/c1-6-36-24(33)16-30(5)23(32)10-7-17(2)19-8-9-20-25-21(12-14-28(19,20)3)29(4)13-11-18(31)15-22(29)26(34)27(25)35/h17-22,25-27,31,34-35H,6-16H2,1-5H3/t17-,18-,19-,20?,21?,22?,25?,26-,27?,28-,29-/m1/s1. The maximum absolute atomic E-state index is 12.7. The summed E-state index contributed by atoms with van der Waals surface area (Å²) in [6.07, 6.45) is 6.01. The van der Waals surface area contributed by atoms with Gasteiger partial charge in [0.15, 0.2) is 0 Å². The Kier molecular flexibility index (Phi) is 8.14. The van der Waals surface area contributed by atoms with Gasteiger partial charge in [-0.1, -0.05) is 20.8 Å². The highest BCUT2D eigenvalue weighted by atomic mass is 16.5. The number of likely N-dealkylation sites (N-methyl/N-ethyl adjacent to an activating group) is 1. The number of amides is 1. The second-order valence-electron chi connectivity index (χ2n) is 13.1. The molecule has 7 heteroatoms. The highest BCUT2D eigenvalue weighted by molar-refractivity contribution is 5.81. The highest BCUT2D eigenvalue weighted by Gasteiger charge is 2.65. The second-order valence-corrected chi connectivity index (χ2v) is 13.1. The van der Waals surface area contributed by atoms with Crippen LogP contribution in [0.2, 0.25) is 0 Å². The van der Waals surface area contributed by atoms with Crippen LogP contribution in [0.4, 0.5) is 0 Å². The van der Waals surface area contributed by atoms with Crippen LogP contribution in [0.1, 0.15) is 85.5 Å². The summed E-state index contributed by atoms with van der Waals surface area (Å²) in [6, 6.07) is 0. The van der Waals surface area contributed by atoms with Gasteiger partial charge in [-0.05, 0) is 105 Å². The van der Waals surface area contributed by atoms with E-state index < -0.39 is 12.2 Å². The van der Waals surface area contributed by atoms with Gasteiger partial charge in [-0.25, -0.2) is 0 Å². The quantitative estimate of drug-likeness (QED) is 0.456. The smallest absolute Gasteiger partial charge is 0.325 e. The molecule has 0 bridgehead atoms. The van der Waals surface area contributed by atoms with Crippen molar-refractivity contribution < 1.29 is 29.6 Å². The lowest BCUT2D eigenvalue weighted by molar-refractivity contribution is -0.223. The van der Waals surface area contributed by atoms with E-state index in [1.54, 1.807) is 14.0 Å². The summed E-state index contributed by atoms with van der Waals surface area (Å²) < 4.78 is 4.96. The molecular weight excluding hydrogens is 458 g/mol. The van der Waals surface area contributed by atoms with Crippen molar-refractivity contribution in [3.8, 4) is 0 Å². The molecule has 5 unspecified atom stereocenters. The Morgan fingerprint density at radius 3 is 2.33 bits per heavy atom. The first-order chi connectivity index (χ1) is 16.9. The molecule has 0 aromatic carbocycles. The summed E-state index contributed by atoms with van der Waals surface area (Å²) in [4.78, 5) is 25.9. The molecule has 1 amide bonds. The molecule has 36 heavy (non-hydrogen) atoms. The van der Waals surface area contributed by atoms with E-state index in [0.717, 1.165) is 44.9 Å². The number of ether oxygens (including phenoxy) is 1. The van der Waals surface area contributed by atoms with Gasteiger partial charge in [-0.2, -0.15) is 0 Å². The van der Waals surface area contributed by atoms with Crippen LogP contribution in [0, 0.1) is 46.3 Å². The lowest BCUT2D eigenvalue weighted by Crippen LogP contribution is -2.64. The number of aliphatic hydroxyl groups excluding tert-OH is 3. The molecule has 0 saturated heterocycles. The maximum atomic E-state index is 12.7. The predicted molar refractivity (Wildman–Crippen MR) is 137 cm³/mol. The van der Waals surface area contributed by atoms with Crippen LogP contribution >= 0.6 is 0 Å². The first kappa shape index (κ1) is 27.8. The van der Waals surface area contributed by atoms with Crippen LogP contribution in [0.3, 0.4) is 0 Å². The molecule has 206 valence electrons. The zero-order chi connectivity index (χ0) is 26.4. The van der Waals surface area contributed by atoms with E-state index in [4.69, 9.17) is 4.74 Å². The predicted octanol–water partition coefficient (Wildman–Crippen LogP) is 3.39. The number of esters is 1. The van der Waals surface area contributed by atoms with E-state index in [1.807, 2.05) is 0 Å². The minimum absolute atomic E-state index is 0.00958. The lowest BCUT2D eigenvalue weighted by atomic mass is 9.43. The SMILES string of the molecule is CCOC(=O)CN(C)C(=O)CC[C@@H](C)[C@H]1CCC2C3C(O)[C@H](O)C4C[C@H](O)CC[C@]4(C)C3CC[C@@]21C. The molecule has 4 saturated carbocycles. The number of aliphatic hydroxyl groups is 3. The van der Waals surface area contributed by atoms with E-state index in [0.29, 0.717) is 43.1 Å². The maximum Gasteiger partial charge on any atom is 0.325 e. The first-order valence-corrected chi connectivity index (χ1v) is 14.4. The normalized spacial score (nSPS) is 44.7. The number of rotatable bonds is 7. The third-order valence-corrected chi connectivity index (χ3v) is 11.4.